The molecule has 0 amide bonds. The molecule has 2 aromatic carbocycles. The summed E-state index contributed by atoms with van der Waals surface area (Å²) in [7, 11) is 3.08. The first-order valence-electron chi connectivity index (χ1n) is 9.85. The molecule has 0 aliphatic carbocycles. The lowest BCUT2D eigenvalue weighted by atomic mass is 9.98. The number of allylic oxidation sites excluding steroid dienone is 1. The molecule has 4 rings (SSSR count). The molecule has 1 aliphatic heterocycles. The Labute approximate surface area is 184 Å². The first kappa shape index (κ1) is 21.0. The van der Waals surface area contributed by atoms with Crippen LogP contribution in [0.3, 0.4) is 0 Å². The third kappa shape index (κ3) is 4.15. The van der Waals surface area contributed by atoms with Crippen molar-refractivity contribution >= 4 is 17.5 Å². The fraction of sp³-hybridized carbons (Fsp3) is 0.167. The zero-order chi connectivity index (χ0) is 22.7. The van der Waals surface area contributed by atoms with E-state index in [0.717, 1.165) is 11.1 Å². The monoisotopic (exact) mass is 433 g/mol. The smallest absolute Gasteiger partial charge is 0.269 e. The molecule has 1 aromatic heterocycles. The van der Waals surface area contributed by atoms with Gasteiger partial charge in [-0.15, -0.1) is 0 Å². The van der Waals surface area contributed by atoms with Crippen molar-refractivity contribution in [3.63, 3.8) is 0 Å². The van der Waals surface area contributed by atoms with Crippen LogP contribution in [-0.4, -0.2) is 24.9 Å². The number of ether oxygens (including phenoxy) is 3. The van der Waals surface area contributed by atoms with Crippen molar-refractivity contribution in [2.24, 2.45) is 0 Å². The van der Waals surface area contributed by atoms with Gasteiger partial charge in [0.05, 0.1) is 19.1 Å². The predicted molar refractivity (Wildman–Crippen MR) is 115 cm³/mol. The molecular weight excluding hydrogens is 412 g/mol. The van der Waals surface area contributed by atoms with E-state index in [0.29, 0.717) is 29.2 Å². The number of hydrogen-bond donors (Lipinski definition) is 0. The molecule has 0 saturated carbocycles. The number of non-ortho nitro benzene ring substituents is 1. The SMILES string of the molecule is COc1ccc2c(c1OC)COC(=Cc1cc[n+](Cc3ccc([N+](=O)[O-])cc3)cc1)C2=O. The summed E-state index contributed by atoms with van der Waals surface area (Å²) in [6.45, 7) is 0.777. The van der Waals surface area contributed by atoms with E-state index < -0.39 is 4.92 Å². The van der Waals surface area contributed by atoms with Gasteiger partial charge in [0.2, 0.25) is 5.78 Å². The highest BCUT2D eigenvalue weighted by atomic mass is 16.6. The number of ketones is 1. The Morgan fingerprint density at radius 3 is 2.41 bits per heavy atom. The average Bonchev–Trinajstić information content (AvgIpc) is 2.81. The summed E-state index contributed by atoms with van der Waals surface area (Å²) >= 11 is 0. The maximum atomic E-state index is 12.9. The van der Waals surface area contributed by atoms with Gasteiger partial charge in [0.1, 0.15) is 6.61 Å². The normalized spacial score (nSPS) is 13.9. The Bertz CT molecular complexity index is 1200. The molecule has 0 radical (unpaired) electrons. The van der Waals surface area contributed by atoms with Gasteiger partial charge in [0.15, 0.2) is 36.2 Å². The highest BCUT2D eigenvalue weighted by molar-refractivity contribution is 6.12. The molecule has 0 fully saturated rings. The zero-order valence-electron chi connectivity index (χ0n) is 17.6. The van der Waals surface area contributed by atoms with Crippen LogP contribution in [0.25, 0.3) is 6.08 Å². The van der Waals surface area contributed by atoms with Gasteiger partial charge in [-0.3, -0.25) is 14.9 Å². The van der Waals surface area contributed by atoms with E-state index >= 15 is 0 Å². The molecule has 2 heterocycles. The number of rotatable bonds is 6. The summed E-state index contributed by atoms with van der Waals surface area (Å²) in [4.78, 5) is 23.3. The van der Waals surface area contributed by atoms with Crippen molar-refractivity contribution in [2.75, 3.05) is 14.2 Å². The lowest BCUT2D eigenvalue weighted by Crippen LogP contribution is -2.33. The molecular formula is C24H21N2O6+. The topological polar surface area (TPSA) is 91.8 Å². The van der Waals surface area contributed by atoms with Crippen molar-refractivity contribution < 1.29 is 28.5 Å². The largest absolute Gasteiger partial charge is 0.493 e. The van der Waals surface area contributed by atoms with Crippen LogP contribution in [0.2, 0.25) is 0 Å². The van der Waals surface area contributed by atoms with Crippen molar-refractivity contribution in [3.05, 3.63) is 99.1 Å². The molecule has 0 atom stereocenters. The summed E-state index contributed by atoms with van der Waals surface area (Å²) in [5, 5.41) is 10.8. The number of fused-ring (bicyclic) bond motifs is 1. The van der Waals surface area contributed by atoms with Crippen LogP contribution < -0.4 is 14.0 Å². The number of pyridine rings is 1. The summed E-state index contributed by atoms with van der Waals surface area (Å²) in [6, 6.07) is 13.6. The van der Waals surface area contributed by atoms with Crippen LogP contribution in [0.1, 0.15) is 27.0 Å². The summed E-state index contributed by atoms with van der Waals surface area (Å²) in [5.41, 5.74) is 3.03. The first-order chi connectivity index (χ1) is 15.5. The van der Waals surface area contributed by atoms with Gasteiger partial charge in [0.25, 0.3) is 5.69 Å². The number of aromatic nitrogens is 1. The van der Waals surface area contributed by atoms with E-state index in [1.165, 1.54) is 19.2 Å². The lowest BCUT2D eigenvalue weighted by Gasteiger charge is -2.22. The number of nitrogens with zero attached hydrogens (tertiary/aromatic N) is 2. The lowest BCUT2D eigenvalue weighted by molar-refractivity contribution is -0.688. The van der Waals surface area contributed by atoms with Gasteiger partial charge in [-0.05, 0) is 35.9 Å². The van der Waals surface area contributed by atoms with Crippen LogP contribution in [0.4, 0.5) is 5.69 Å². The van der Waals surface area contributed by atoms with Crippen LogP contribution in [0.15, 0.2) is 66.7 Å². The Morgan fingerprint density at radius 1 is 1.06 bits per heavy atom. The molecule has 8 nitrogen and oxygen atoms in total. The minimum absolute atomic E-state index is 0.0653. The Morgan fingerprint density at radius 2 is 1.78 bits per heavy atom. The van der Waals surface area contributed by atoms with Gasteiger partial charge in [0, 0.05) is 41.0 Å². The summed E-state index contributed by atoms with van der Waals surface area (Å²) < 4.78 is 18.4. The zero-order valence-corrected chi connectivity index (χ0v) is 17.6. The Hall–Kier alpha value is -4.20. The molecule has 8 heteroatoms. The Balaban J connectivity index is 1.51. The second-order valence-corrected chi connectivity index (χ2v) is 7.18. The summed E-state index contributed by atoms with van der Waals surface area (Å²) in [6.07, 6.45) is 5.46. The number of carbonyl (C=O) groups is 1. The number of Topliss-reactive ketones (excluding diaryl/α,β-unsaturated/α-hetero) is 1. The van der Waals surface area contributed by atoms with Gasteiger partial charge in [-0.25, -0.2) is 4.57 Å². The van der Waals surface area contributed by atoms with E-state index in [4.69, 9.17) is 14.2 Å². The number of benzene rings is 2. The van der Waals surface area contributed by atoms with Crippen LogP contribution in [0.5, 0.6) is 11.5 Å². The van der Waals surface area contributed by atoms with E-state index in [-0.39, 0.29) is 23.8 Å². The standard InChI is InChI=1S/C24H21N2O6/c1-30-21-8-7-19-20(24(21)31-2)15-32-22(23(19)27)13-16-9-11-25(12-10-16)14-17-3-5-18(6-4-17)26(28)29/h3-13H,14-15H2,1-2H3/q+1. The van der Waals surface area contributed by atoms with Crippen LogP contribution >= 0.6 is 0 Å². The average molecular weight is 433 g/mol. The number of hydrogen-bond acceptors (Lipinski definition) is 6. The first-order valence-corrected chi connectivity index (χ1v) is 9.85. The van der Waals surface area contributed by atoms with Crippen molar-refractivity contribution in [1.29, 1.82) is 0 Å². The highest BCUT2D eigenvalue weighted by Gasteiger charge is 2.28. The number of nitro groups is 1. The van der Waals surface area contributed by atoms with Crippen LogP contribution in [-0.2, 0) is 17.9 Å². The highest BCUT2D eigenvalue weighted by Crippen LogP contribution is 2.37. The van der Waals surface area contributed by atoms with Crippen molar-refractivity contribution in [2.45, 2.75) is 13.2 Å². The van der Waals surface area contributed by atoms with Gasteiger partial charge >= 0.3 is 0 Å². The number of methoxy groups -OCH3 is 2. The molecule has 1 aliphatic rings. The number of carbonyl (C=O) groups excluding carboxylic acids is 1. The Kier molecular flexibility index (Phi) is 5.85. The van der Waals surface area contributed by atoms with E-state index in [1.54, 1.807) is 37.5 Å². The molecule has 162 valence electrons. The van der Waals surface area contributed by atoms with Crippen molar-refractivity contribution in [1.82, 2.24) is 0 Å². The van der Waals surface area contributed by atoms with Gasteiger partial charge < -0.3 is 14.2 Å². The van der Waals surface area contributed by atoms with E-state index in [1.807, 2.05) is 29.1 Å². The molecule has 0 spiro atoms. The molecule has 0 N–H and O–H groups in total. The molecule has 3 aromatic rings. The van der Waals surface area contributed by atoms with Crippen molar-refractivity contribution in [3.8, 4) is 11.5 Å². The van der Waals surface area contributed by atoms with Crippen LogP contribution in [0, 0.1) is 10.1 Å². The summed E-state index contributed by atoms with van der Waals surface area (Å²) in [5.74, 6) is 1.10. The molecule has 0 saturated heterocycles. The van der Waals surface area contributed by atoms with E-state index in [9.17, 15) is 14.9 Å². The third-order valence-corrected chi connectivity index (χ3v) is 5.22. The van der Waals surface area contributed by atoms with Gasteiger partial charge in [-0.2, -0.15) is 0 Å². The molecule has 0 unspecified atom stereocenters. The fourth-order valence-electron chi connectivity index (χ4n) is 3.56. The molecule has 0 bridgehead atoms. The maximum absolute atomic E-state index is 12.9. The predicted octanol–water partition coefficient (Wildman–Crippen LogP) is 3.70. The minimum Gasteiger partial charge on any atom is -0.493 e. The third-order valence-electron chi connectivity index (χ3n) is 5.22. The number of nitro benzene ring substituents is 1. The van der Waals surface area contributed by atoms with E-state index in [2.05, 4.69) is 0 Å². The second-order valence-electron chi connectivity index (χ2n) is 7.18. The van der Waals surface area contributed by atoms with Gasteiger partial charge in [-0.1, -0.05) is 0 Å². The second kappa shape index (κ2) is 8.89. The minimum atomic E-state index is -0.418. The quantitative estimate of drug-likeness (QED) is 0.255. The fourth-order valence-corrected chi connectivity index (χ4v) is 3.56. The maximum Gasteiger partial charge on any atom is 0.269 e. The molecule has 32 heavy (non-hydrogen) atoms.